The maximum atomic E-state index is 12.3. The molecular formula is C8H8BrF2NO2. The Balaban J connectivity index is 3.25. The summed E-state index contributed by atoms with van der Waals surface area (Å²) in [5.74, 6) is -0.242. The topological polar surface area (TPSA) is 53.4 Å². The van der Waals surface area contributed by atoms with Crippen molar-refractivity contribution in [3.8, 4) is 5.75 Å². The lowest BCUT2D eigenvalue weighted by Crippen LogP contribution is -1.99. The van der Waals surface area contributed by atoms with Crippen LogP contribution in [0.5, 0.6) is 5.75 Å². The molecule has 0 unspecified atom stereocenters. The van der Waals surface area contributed by atoms with Crippen molar-refractivity contribution in [1.82, 2.24) is 4.98 Å². The summed E-state index contributed by atoms with van der Waals surface area (Å²) < 4.78 is 24.6. The van der Waals surface area contributed by atoms with Gasteiger partial charge in [0.2, 0.25) is 0 Å². The van der Waals surface area contributed by atoms with E-state index in [9.17, 15) is 13.9 Å². The smallest absolute Gasteiger partial charge is 0.280 e. The van der Waals surface area contributed by atoms with Crippen molar-refractivity contribution in [3.63, 3.8) is 0 Å². The quantitative estimate of drug-likeness (QED) is 0.825. The van der Waals surface area contributed by atoms with Gasteiger partial charge in [-0.2, -0.15) is 0 Å². The first-order chi connectivity index (χ1) is 6.60. The Morgan fingerprint density at radius 3 is 2.57 bits per heavy atom. The van der Waals surface area contributed by atoms with Crippen LogP contribution in [0.2, 0.25) is 0 Å². The molecule has 0 aliphatic carbocycles. The molecule has 14 heavy (non-hydrogen) atoms. The Hall–Kier alpha value is -0.750. The summed E-state index contributed by atoms with van der Waals surface area (Å²) >= 11 is 3.01. The molecule has 0 amide bonds. The Morgan fingerprint density at radius 1 is 1.50 bits per heavy atom. The third kappa shape index (κ3) is 2.19. The highest BCUT2D eigenvalue weighted by molar-refractivity contribution is 9.08. The van der Waals surface area contributed by atoms with Gasteiger partial charge in [0.15, 0.2) is 0 Å². The molecule has 0 aliphatic heterocycles. The Bertz CT molecular complexity index is 308. The zero-order chi connectivity index (χ0) is 10.7. The van der Waals surface area contributed by atoms with Gasteiger partial charge in [-0.15, -0.1) is 0 Å². The zero-order valence-corrected chi connectivity index (χ0v) is 8.63. The average molecular weight is 268 g/mol. The first-order valence-electron chi connectivity index (χ1n) is 3.76. The number of pyridine rings is 1. The third-order valence-corrected chi connectivity index (χ3v) is 2.22. The number of rotatable bonds is 3. The van der Waals surface area contributed by atoms with E-state index in [2.05, 4.69) is 20.9 Å². The summed E-state index contributed by atoms with van der Waals surface area (Å²) in [4.78, 5) is 3.54. The second-order valence-corrected chi connectivity index (χ2v) is 3.15. The molecule has 1 rings (SSSR count). The number of aromatic nitrogens is 1. The first kappa shape index (κ1) is 11.3. The van der Waals surface area contributed by atoms with Gasteiger partial charge in [-0.3, -0.25) is 0 Å². The van der Waals surface area contributed by atoms with Gasteiger partial charge < -0.3 is 10.2 Å². The fourth-order valence-corrected chi connectivity index (χ4v) is 1.39. The van der Waals surface area contributed by atoms with Gasteiger partial charge in [-0.1, -0.05) is 15.9 Å². The van der Waals surface area contributed by atoms with Gasteiger partial charge in [0.1, 0.15) is 11.4 Å². The van der Waals surface area contributed by atoms with E-state index in [1.165, 1.54) is 0 Å². The maximum Gasteiger partial charge on any atom is 0.280 e. The highest BCUT2D eigenvalue weighted by Crippen LogP contribution is 2.27. The standard InChI is InChI=1S/C8H8BrF2NO2/c9-2-6-7(14)4(3-13)1-5(12-6)8(10)11/h1,8,13-14H,2-3H2. The number of nitrogens with zero attached hydrogens (tertiary/aromatic N) is 1. The Morgan fingerprint density at radius 2 is 2.14 bits per heavy atom. The number of hydrogen-bond donors (Lipinski definition) is 2. The molecule has 1 aromatic heterocycles. The monoisotopic (exact) mass is 267 g/mol. The minimum atomic E-state index is -2.71. The van der Waals surface area contributed by atoms with E-state index in [1.54, 1.807) is 0 Å². The number of halogens is 3. The van der Waals surface area contributed by atoms with Gasteiger partial charge in [0, 0.05) is 10.9 Å². The van der Waals surface area contributed by atoms with Crippen LogP contribution >= 0.6 is 15.9 Å². The van der Waals surface area contributed by atoms with Crippen LogP contribution < -0.4 is 0 Å². The summed E-state index contributed by atoms with van der Waals surface area (Å²) in [6, 6.07) is 0.992. The molecule has 0 radical (unpaired) electrons. The highest BCUT2D eigenvalue weighted by Gasteiger charge is 2.15. The van der Waals surface area contributed by atoms with Crippen molar-refractivity contribution in [3.05, 3.63) is 23.0 Å². The van der Waals surface area contributed by atoms with Gasteiger partial charge in [-0.05, 0) is 6.07 Å². The zero-order valence-electron chi connectivity index (χ0n) is 7.04. The van der Waals surface area contributed by atoms with E-state index in [0.717, 1.165) is 6.07 Å². The minimum absolute atomic E-state index is 0.0600. The molecule has 0 saturated carbocycles. The summed E-state index contributed by atoms with van der Waals surface area (Å²) in [6.45, 7) is -0.492. The van der Waals surface area contributed by atoms with Gasteiger partial charge in [0.05, 0.1) is 12.3 Å². The fourth-order valence-electron chi connectivity index (χ4n) is 0.999. The Kier molecular flexibility index (Phi) is 3.77. The lowest BCUT2D eigenvalue weighted by Gasteiger charge is -2.08. The predicted molar refractivity (Wildman–Crippen MR) is 49.4 cm³/mol. The van der Waals surface area contributed by atoms with E-state index in [-0.39, 0.29) is 22.3 Å². The number of aliphatic hydroxyl groups excluding tert-OH is 1. The lowest BCUT2D eigenvalue weighted by molar-refractivity contribution is 0.145. The van der Waals surface area contributed by atoms with Crippen LogP contribution in [0.25, 0.3) is 0 Å². The van der Waals surface area contributed by atoms with Crippen molar-refractivity contribution in [2.45, 2.75) is 18.4 Å². The largest absolute Gasteiger partial charge is 0.506 e. The summed E-state index contributed by atoms with van der Waals surface area (Å²) in [5.41, 5.74) is -0.280. The number of alkyl halides is 3. The van der Waals surface area contributed by atoms with Crippen LogP contribution in [-0.4, -0.2) is 15.2 Å². The number of hydrogen-bond acceptors (Lipinski definition) is 3. The molecule has 0 fully saturated rings. The molecule has 6 heteroatoms. The molecule has 1 aromatic rings. The summed E-state index contributed by atoms with van der Waals surface area (Å²) in [7, 11) is 0. The molecule has 0 spiro atoms. The second-order valence-electron chi connectivity index (χ2n) is 2.59. The minimum Gasteiger partial charge on any atom is -0.506 e. The summed E-state index contributed by atoms with van der Waals surface area (Å²) in [6.07, 6.45) is -2.71. The Labute approximate surface area is 87.5 Å². The van der Waals surface area contributed by atoms with Crippen molar-refractivity contribution in [1.29, 1.82) is 0 Å². The van der Waals surface area contributed by atoms with Gasteiger partial charge >= 0.3 is 0 Å². The van der Waals surface area contributed by atoms with Crippen LogP contribution in [0.15, 0.2) is 6.07 Å². The predicted octanol–water partition coefficient (Wildman–Crippen LogP) is 2.11. The second kappa shape index (κ2) is 4.65. The van der Waals surface area contributed by atoms with Crippen molar-refractivity contribution < 1.29 is 19.0 Å². The van der Waals surface area contributed by atoms with Crippen molar-refractivity contribution in [2.24, 2.45) is 0 Å². The van der Waals surface area contributed by atoms with E-state index in [1.807, 2.05) is 0 Å². The van der Waals surface area contributed by atoms with E-state index in [4.69, 9.17) is 5.11 Å². The van der Waals surface area contributed by atoms with E-state index >= 15 is 0 Å². The van der Waals surface area contributed by atoms with Gasteiger partial charge in [0.25, 0.3) is 6.43 Å². The maximum absolute atomic E-state index is 12.3. The summed E-state index contributed by atoms with van der Waals surface area (Å²) in [5, 5.41) is 18.4. The van der Waals surface area contributed by atoms with Crippen LogP contribution in [-0.2, 0) is 11.9 Å². The van der Waals surface area contributed by atoms with E-state index < -0.39 is 18.7 Å². The third-order valence-electron chi connectivity index (χ3n) is 1.68. The first-order valence-corrected chi connectivity index (χ1v) is 4.89. The van der Waals surface area contributed by atoms with Crippen molar-refractivity contribution in [2.75, 3.05) is 0 Å². The van der Waals surface area contributed by atoms with Crippen LogP contribution in [0.4, 0.5) is 8.78 Å². The van der Waals surface area contributed by atoms with Crippen LogP contribution in [0, 0.1) is 0 Å². The van der Waals surface area contributed by atoms with E-state index in [0.29, 0.717) is 0 Å². The molecule has 2 N–H and O–H groups in total. The highest BCUT2D eigenvalue weighted by atomic mass is 79.9. The molecule has 0 saturated heterocycles. The molecule has 0 bridgehead atoms. The van der Waals surface area contributed by atoms with Crippen molar-refractivity contribution >= 4 is 15.9 Å². The molecule has 0 aromatic carbocycles. The molecule has 0 atom stereocenters. The number of aromatic hydroxyl groups is 1. The SMILES string of the molecule is OCc1cc(C(F)F)nc(CBr)c1O. The molecule has 78 valence electrons. The molecule has 0 aliphatic rings. The van der Waals surface area contributed by atoms with Gasteiger partial charge in [-0.25, -0.2) is 13.8 Å². The normalized spacial score (nSPS) is 10.9. The van der Waals surface area contributed by atoms with Crippen LogP contribution in [0.1, 0.15) is 23.4 Å². The fraction of sp³-hybridized carbons (Fsp3) is 0.375. The molecule has 1 heterocycles. The lowest BCUT2D eigenvalue weighted by atomic mass is 10.2. The molecule has 3 nitrogen and oxygen atoms in total. The molecular weight excluding hydrogens is 260 g/mol. The average Bonchev–Trinajstić information content (AvgIpc) is 2.17. The number of aliphatic hydroxyl groups is 1. The van der Waals surface area contributed by atoms with Crippen LogP contribution in [0.3, 0.4) is 0 Å².